The molecule has 138 valence electrons. The van der Waals surface area contributed by atoms with Crippen molar-refractivity contribution in [3.63, 3.8) is 0 Å². The van der Waals surface area contributed by atoms with Gasteiger partial charge in [-0.25, -0.2) is 0 Å². The zero-order valence-corrected chi connectivity index (χ0v) is 15.3. The maximum Gasteiger partial charge on any atom is 0.244 e. The second kappa shape index (κ2) is 6.83. The normalized spacial score (nSPS) is 16.0. The van der Waals surface area contributed by atoms with Gasteiger partial charge in [0.1, 0.15) is 6.54 Å². The van der Waals surface area contributed by atoms with Crippen molar-refractivity contribution in [3.05, 3.63) is 64.8 Å². The van der Waals surface area contributed by atoms with Gasteiger partial charge in [0.25, 0.3) is 0 Å². The molecule has 5 nitrogen and oxygen atoms in total. The first-order valence-electron chi connectivity index (χ1n) is 9.59. The number of ether oxygens (including phenoxy) is 1. The molecule has 2 aromatic carbocycles. The zero-order chi connectivity index (χ0) is 18.2. The van der Waals surface area contributed by atoms with E-state index in [2.05, 4.69) is 45.5 Å². The summed E-state index contributed by atoms with van der Waals surface area (Å²) in [5, 5.41) is 7.85. The van der Waals surface area contributed by atoms with E-state index in [1.54, 1.807) is 0 Å². The van der Waals surface area contributed by atoms with Crippen LogP contribution in [0.25, 0.3) is 10.9 Å². The topological polar surface area (TPSA) is 55.3 Å². The Hall–Kier alpha value is -2.63. The molecule has 27 heavy (non-hydrogen) atoms. The molecule has 1 amide bonds. The number of nitrogens with zero attached hydrogens (tertiary/aromatic N) is 1. The van der Waals surface area contributed by atoms with E-state index in [1.165, 1.54) is 22.2 Å². The van der Waals surface area contributed by atoms with E-state index in [0.29, 0.717) is 19.8 Å². The predicted molar refractivity (Wildman–Crippen MR) is 106 cm³/mol. The maximum atomic E-state index is 12.9. The number of hydrogen-bond donors (Lipinski definition) is 2. The van der Waals surface area contributed by atoms with Crippen LogP contribution in [0.2, 0.25) is 0 Å². The lowest BCUT2D eigenvalue weighted by atomic mass is 10.1. The molecule has 0 fully saturated rings. The molecule has 2 aliphatic rings. The van der Waals surface area contributed by atoms with Crippen LogP contribution in [-0.2, 0) is 42.1 Å². The largest absolute Gasteiger partial charge is 0.372 e. The number of hydrogen-bond acceptors (Lipinski definition) is 3. The van der Waals surface area contributed by atoms with E-state index < -0.39 is 0 Å². The third-order valence-corrected chi connectivity index (χ3v) is 5.64. The van der Waals surface area contributed by atoms with Crippen LogP contribution in [0.5, 0.6) is 0 Å². The second-order valence-electron chi connectivity index (χ2n) is 7.26. The monoisotopic (exact) mass is 361 g/mol. The third kappa shape index (κ3) is 2.93. The summed E-state index contributed by atoms with van der Waals surface area (Å²) in [6.45, 7) is 3.47. The lowest BCUT2D eigenvalue weighted by Gasteiger charge is -2.13. The van der Waals surface area contributed by atoms with Crippen molar-refractivity contribution in [2.24, 2.45) is 0 Å². The van der Waals surface area contributed by atoms with Crippen molar-refractivity contribution < 1.29 is 9.53 Å². The first-order chi connectivity index (χ1) is 13.3. The van der Waals surface area contributed by atoms with Gasteiger partial charge in [0, 0.05) is 40.8 Å². The zero-order valence-electron chi connectivity index (χ0n) is 15.3. The fourth-order valence-electron chi connectivity index (χ4n) is 4.37. The summed E-state index contributed by atoms with van der Waals surface area (Å²) >= 11 is 0. The van der Waals surface area contributed by atoms with E-state index in [9.17, 15) is 4.79 Å². The average Bonchev–Trinajstić information content (AvgIpc) is 3.18. The van der Waals surface area contributed by atoms with Crippen LogP contribution < -0.4 is 10.6 Å². The minimum absolute atomic E-state index is 0.0102. The fraction of sp³-hybridized carbons (Fsp3) is 0.318. The molecule has 0 radical (unpaired) electrons. The molecular weight excluding hydrogens is 338 g/mol. The highest BCUT2D eigenvalue weighted by Gasteiger charge is 2.21. The molecule has 0 bridgehead atoms. The maximum absolute atomic E-state index is 12.9. The van der Waals surface area contributed by atoms with Gasteiger partial charge in [-0.2, -0.15) is 0 Å². The third-order valence-electron chi connectivity index (χ3n) is 5.64. The molecule has 0 atom stereocenters. The van der Waals surface area contributed by atoms with Gasteiger partial charge in [0.05, 0.1) is 13.2 Å². The highest BCUT2D eigenvalue weighted by Crippen LogP contribution is 2.29. The molecule has 0 saturated carbocycles. The summed E-state index contributed by atoms with van der Waals surface area (Å²) in [5.41, 5.74) is 6.97. The number of aromatic nitrogens is 1. The SMILES string of the molecule is O=C(Cn1c2c(c3ccccc31)CCNCC2)Nc1cccc2c1COC2. The Morgan fingerprint density at radius 3 is 2.89 bits per heavy atom. The van der Waals surface area contributed by atoms with E-state index in [0.717, 1.165) is 42.7 Å². The summed E-state index contributed by atoms with van der Waals surface area (Å²) in [5.74, 6) is 0.0102. The van der Waals surface area contributed by atoms with Crippen LogP contribution in [0.4, 0.5) is 5.69 Å². The molecule has 0 spiro atoms. The van der Waals surface area contributed by atoms with E-state index in [-0.39, 0.29) is 5.91 Å². The van der Waals surface area contributed by atoms with E-state index >= 15 is 0 Å². The first kappa shape index (κ1) is 16.5. The number of nitrogens with one attached hydrogen (secondary N) is 2. The van der Waals surface area contributed by atoms with Crippen molar-refractivity contribution in [2.45, 2.75) is 32.6 Å². The standard InChI is InChI=1S/C22H23N3O2/c26-22(24-19-6-3-4-15-13-27-14-18(15)19)12-25-20-7-2-1-5-16(20)17-8-10-23-11-9-21(17)25/h1-7,23H,8-14H2,(H,24,26). The van der Waals surface area contributed by atoms with Crippen molar-refractivity contribution in [1.82, 2.24) is 9.88 Å². The molecule has 5 rings (SSSR count). The van der Waals surface area contributed by atoms with Gasteiger partial charge in [-0.1, -0.05) is 30.3 Å². The summed E-state index contributed by atoms with van der Waals surface area (Å²) in [6.07, 6.45) is 1.96. The predicted octanol–water partition coefficient (Wildman–Crippen LogP) is 3.00. The number of benzene rings is 2. The first-order valence-corrected chi connectivity index (χ1v) is 9.59. The van der Waals surface area contributed by atoms with E-state index in [1.807, 2.05) is 12.1 Å². The van der Waals surface area contributed by atoms with Gasteiger partial charge in [-0.15, -0.1) is 0 Å². The summed E-state index contributed by atoms with van der Waals surface area (Å²) in [7, 11) is 0. The Morgan fingerprint density at radius 1 is 1.04 bits per heavy atom. The lowest BCUT2D eigenvalue weighted by Crippen LogP contribution is -2.22. The fourth-order valence-corrected chi connectivity index (χ4v) is 4.37. The Morgan fingerprint density at radius 2 is 1.93 bits per heavy atom. The number of carbonyl (C=O) groups is 1. The molecule has 2 N–H and O–H groups in total. The number of rotatable bonds is 3. The van der Waals surface area contributed by atoms with Crippen LogP contribution in [-0.4, -0.2) is 23.6 Å². The van der Waals surface area contributed by atoms with Crippen LogP contribution in [0.1, 0.15) is 22.4 Å². The Balaban J connectivity index is 1.47. The summed E-state index contributed by atoms with van der Waals surface area (Å²) in [4.78, 5) is 12.9. The van der Waals surface area contributed by atoms with Gasteiger partial charge in [-0.05, 0) is 36.2 Å². The number of anilines is 1. The van der Waals surface area contributed by atoms with Gasteiger partial charge in [0.2, 0.25) is 5.91 Å². The number of carbonyl (C=O) groups excluding carboxylic acids is 1. The molecule has 0 unspecified atom stereocenters. The highest BCUT2D eigenvalue weighted by atomic mass is 16.5. The molecular formula is C22H23N3O2. The lowest BCUT2D eigenvalue weighted by molar-refractivity contribution is -0.116. The van der Waals surface area contributed by atoms with Crippen LogP contribution in [0.3, 0.4) is 0 Å². The molecule has 2 aliphatic heterocycles. The molecule has 0 saturated heterocycles. The number of para-hydroxylation sites is 1. The Bertz CT molecular complexity index is 1020. The molecule has 1 aromatic heterocycles. The minimum atomic E-state index is 0.0102. The van der Waals surface area contributed by atoms with Gasteiger partial charge < -0.3 is 19.9 Å². The van der Waals surface area contributed by atoms with Crippen LogP contribution in [0.15, 0.2) is 42.5 Å². The molecule has 3 aromatic rings. The van der Waals surface area contributed by atoms with Crippen molar-refractivity contribution >= 4 is 22.5 Å². The van der Waals surface area contributed by atoms with Crippen molar-refractivity contribution in [3.8, 4) is 0 Å². The summed E-state index contributed by atoms with van der Waals surface area (Å²) < 4.78 is 7.73. The van der Waals surface area contributed by atoms with Gasteiger partial charge in [-0.3, -0.25) is 4.79 Å². The quantitative estimate of drug-likeness (QED) is 0.754. The van der Waals surface area contributed by atoms with Crippen molar-refractivity contribution in [2.75, 3.05) is 18.4 Å². The summed E-state index contributed by atoms with van der Waals surface area (Å²) in [6, 6.07) is 14.4. The minimum Gasteiger partial charge on any atom is -0.372 e. The number of amides is 1. The Labute approximate surface area is 158 Å². The molecule has 0 aliphatic carbocycles. The molecule has 5 heteroatoms. The van der Waals surface area contributed by atoms with Crippen molar-refractivity contribution in [1.29, 1.82) is 0 Å². The Kier molecular flexibility index (Phi) is 4.19. The van der Waals surface area contributed by atoms with Gasteiger partial charge in [0.15, 0.2) is 0 Å². The van der Waals surface area contributed by atoms with Crippen LogP contribution >= 0.6 is 0 Å². The number of fused-ring (bicyclic) bond motifs is 4. The van der Waals surface area contributed by atoms with Gasteiger partial charge >= 0.3 is 0 Å². The highest BCUT2D eigenvalue weighted by molar-refractivity contribution is 5.94. The van der Waals surface area contributed by atoms with E-state index in [4.69, 9.17) is 4.74 Å². The molecule has 3 heterocycles. The van der Waals surface area contributed by atoms with Crippen LogP contribution in [0, 0.1) is 0 Å². The average molecular weight is 361 g/mol. The smallest absolute Gasteiger partial charge is 0.244 e. The second-order valence-corrected chi connectivity index (χ2v) is 7.26.